The van der Waals surface area contributed by atoms with Crippen LogP contribution in [-0.2, 0) is 14.3 Å². The molecule has 3 aliphatic rings. The lowest BCUT2D eigenvalue weighted by atomic mass is 10.1. The molecule has 2 heterocycles. The van der Waals surface area contributed by atoms with Crippen LogP contribution in [0.5, 0.6) is 0 Å². The lowest BCUT2D eigenvalue weighted by molar-refractivity contribution is -0.135. The lowest BCUT2D eigenvalue weighted by Crippen LogP contribution is -2.48. The van der Waals surface area contributed by atoms with Gasteiger partial charge in [-0.05, 0) is 44.9 Å². The van der Waals surface area contributed by atoms with Crippen LogP contribution in [0.15, 0.2) is 0 Å². The zero-order valence-corrected chi connectivity index (χ0v) is 12.1. The molecule has 0 aromatic rings. The Labute approximate surface area is 120 Å². The molecule has 3 atom stereocenters. The average molecular weight is 280 g/mol. The first-order chi connectivity index (χ1) is 9.65. The first-order valence-electron chi connectivity index (χ1n) is 7.86. The molecule has 112 valence electrons. The van der Waals surface area contributed by atoms with E-state index in [0.29, 0.717) is 25.0 Å². The van der Waals surface area contributed by atoms with Crippen molar-refractivity contribution in [2.24, 2.45) is 5.92 Å². The van der Waals surface area contributed by atoms with E-state index < -0.39 is 0 Å². The average Bonchev–Trinajstić information content (AvgIpc) is 3.13. The summed E-state index contributed by atoms with van der Waals surface area (Å²) in [5.74, 6) is 0.494. The molecule has 3 rings (SSSR count). The van der Waals surface area contributed by atoms with Crippen LogP contribution in [0.25, 0.3) is 0 Å². The molecule has 2 aliphatic heterocycles. The first kappa shape index (κ1) is 13.9. The van der Waals surface area contributed by atoms with Gasteiger partial charge in [-0.15, -0.1) is 0 Å². The molecule has 1 N–H and O–H groups in total. The Balaban J connectivity index is 1.65. The van der Waals surface area contributed by atoms with E-state index in [-0.39, 0.29) is 23.9 Å². The fourth-order valence-electron chi connectivity index (χ4n) is 3.30. The number of hydrogen-bond donors (Lipinski definition) is 1. The SMILES string of the molecule is CC1CC(=O)NC(C2CC2)C(=O)N1CCC1CCCO1. The van der Waals surface area contributed by atoms with Gasteiger partial charge in [0.15, 0.2) is 0 Å². The zero-order chi connectivity index (χ0) is 14.1. The van der Waals surface area contributed by atoms with Gasteiger partial charge in [-0.1, -0.05) is 0 Å². The Morgan fingerprint density at radius 1 is 1.30 bits per heavy atom. The van der Waals surface area contributed by atoms with Gasteiger partial charge in [0.05, 0.1) is 6.10 Å². The van der Waals surface area contributed by atoms with Crippen LogP contribution in [0.3, 0.4) is 0 Å². The molecule has 5 heteroatoms. The number of rotatable bonds is 4. The van der Waals surface area contributed by atoms with E-state index in [9.17, 15) is 9.59 Å². The molecule has 0 aromatic heterocycles. The topological polar surface area (TPSA) is 58.6 Å². The molecule has 0 bridgehead atoms. The van der Waals surface area contributed by atoms with Gasteiger partial charge in [0.2, 0.25) is 11.8 Å². The van der Waals surface area contributed by atoms with Crippen LogP contribution in [0, 0.1) is 5.92 Å². The van der Waals surface area contributed by atoms with Gasteiger partial charge < -0.3 is 15.0 Å². The van der Waals surface area contributed by atoms with Gasteiger partial charge >= 0.3 is 0 Å². The van der Waals surface area contributed by atoms with E-state index >= 15 is 0 Å². The lowest BCUT2D eigenvalue weighted by Gasteiger charge is -2.29. The maximum absolute atomic E-state index is 12.7. The van der Waals surface area contributed by atoms with Crippen molar-refractivity contribution in [3.8, 4) is 0 Å². The molecule has 3 unspecified atom stereocenters. The van der Waals surface area contributed by atoms with Gasteiger partial charge in [-0.3, -0.25) is 9.59 Å². The highest BCUT2D eigenvalue weighted by Gasteiger charge is 2.42. The molecular weight excluding hydrogens is 256 g/mol. The van der Waals surface area contributed by atoms with Crippen molar-refractivity contribution in [3.05, 3.63) is 0 Å². The number of carbonyl (C=O) groups excluding carboxylic acids is 2. The van der Waals surface area contributed by atoms with E-state index in [1.807, 2.05) is 11.8 Å². The second-order valence-corrected chi connectivity index (χ2v) is 6.39. The summed E-state index contributed by atoms with van der Waals surface area (Å²) in [6.07, 6.45) is 5.94. The summed E-state index contributed by atoms with van der Waals surface area (Å²) < 4.78 is 5.63. The summed E-state index contributed by atoms with van der Waals surface area (Å²) in [5.41, 5.74) is 0. The summed E-state index contributed by atoms with van der Waals surface area (Å²) >= 11 is 0. The van der Waals surface area contributed by atoms with Gasteiger partial charge in [0.1, 0.15) is 6.04 Å². The van der Waals surface area contributed by atoms with Crippen molar-refractivity contribution >= 4 is 11.8 Å². The fourth-order valence-corrected chi connectivity index (χ4v) is 3.30. The van der Waals surface area contributed by atoms with Gasteiger partial charge in [0.25, 0.3) is 0 Å². The predicted octanol–water partition coefficient (Wildman–Crippen LogP) is 1.07. The van der Waals surface area contributed by atoms with Gasteiger partial charge in [0, 0.05) is 25.6 Å². The number of hydrogen-bond acceptors (Lipinski definition) is 3. The van der Waals surface area contributed by atoms with Crippen LogP contribution >= 0.6 is 0 Å². The van der Waals surface area contributed by atoms with E-state index in [2.05, 4.69) is 5.32 Å². The molecule has 20 heavy (non-hydrogen) atoms. The van der Waals surface area contributed by atoms with Crippen molar-refractivity contribution in [1.82, 2.24) is 10.2 Å². The van der Waals surface area contributed by atoms with Crippen molar-refractivity contribution in [2.45, 2.75) is 63.6 Å². The second kappa shape index (κ2) is 5.72. The van der Waals surface area contributed by atoms with Crippen molar-refractivity contribution in [2.75, 3.05) is 13.2 Å². The largest absolute Gasteiger partial charge is 0.378 e. The van der Waals surface area contributed by atoms with Gasteiger partial charge in [-0.25, -0.2) is 0 Å². The Kier molecular flexibility index (Phi) is 3.96. The molecule has 2 amide bonds. The van der Waals surface area contributed by atoms with E-state index in [1.165, 1.54) is 0 Å². The third-order valence-corrected chi connectivity index (χ3v) is 4.69. The summed E-state index contributed by atoms with van der Waals surface area (Å²) in [7, 11) is 0. The first-order valence-corrected chi connectivity index (χ1v) is 7.86. The minimum atomic E-state index is -0.281. The molecule has 0 spiro atoms. The summed E-state index contributed by atoms with van der Waals surface area (Å²) in [6, 6.07) is -0.287. The normalized spacial score (nSPS) is 35.0. The molecule has 0 aromatic carbocycles. The molecule has 3 fully saturated rings. The van der Waals surface area contributed by atoms with Crippen LogP contribution in [0.4, 0.5) is 0 Å². The molecule has 2 saturated heterocycles. The summed E-state index contributed by atoms with van der Waals surface area (Å²) in [6.45, 7) is 3.53. The monoisotopic (exact) mass is 280 g/mol. The van der Waals surface area contributed by atoms with E-state index in [1.54, 1.807) is 0 Å². The predicted molar refractivity (Wildman–Crippen MR) is 74.0 cm³/mol. The van der Waals surface area contributed by atoms with Crippen molar-refractivity contribution in [1.29, 1.82) is 0 Å². The van der Waals surface area contributed by atoms with Crippen LogP contribution in [0.2, 0.25) is 0 Å². The van der Waals surface area contributed by atoms with E-state index in [4.69, 9.17) is 4.74 Å². The summed E-state index contributed by atoms with van der Waals surface area (Å²) in [4.78, 5) is 26.4. The smallest absolute Gasteiger partial charge is 0.245 e. The number of nitrogens with zero attached hydrogens (tertiary/aromatic N) is 1. The van der Waals surface area contributed by atoms with Crippen LogP contribution in [0.1, 0.15) is 45.4 Å². The molecule has 1 aliphatic carbocycles. The van der Waals surface area contributed by atoms with Gasteiger partial charge in [-0.2, -0.15) is 0 Å². The Hall–Kier alpha value is -1.10. The third-order valence-electron chi connectivity index (χ3n) is 4.69. The fraction of sp³-hybridized carbons (Fsp3) is 0.867. The molecule has 0 radical (unpaired) electrons. The zero-order valence-electron chi connectivity index (χ0n) is 12.1. The third kappa shape index (κ3) is 2.97. The van der Waals surface area contributed by atoms with E-state index in [0.717, 1.165) is 38.7 Å². The van der Waals surface area contributed by atoms with Crippen LogP contribution < -0.4 is 5.32 Å². The maximum atomic E-state index is 12.7. The highest BCUT2D eigenvalue weighted by molar-refractivity contribution is 5.91. The Morgan fingerprint density at radius 2 is 2.10 bits per heavy atom. The molecular formula is C15H24N2O3. The Bertz CT molecular complexity index is 389. The minimum absolute atomic E-state index is 0.00680. The number of nitrogens with one attached hydrogen (secondary N) is 1. The quantitative estimate of drug-likeness (QED) is 0.838. The Morgan fingerprint density at radius 3 is 2.75 bits per heavy atom. The summed E-state index contributed by atoms with van der Waals surface area (Å²) in [5, 5.41) is 2.92. The van der Waals surface area contributed by atoms with Crippen molar-refractivity contribution < 1.29 is 14.3 Å². The van der Waals surface area contributed by atoms with Crippen molar-refractivity contribution in [3.63, 3.8) is 0 Å². The second-order valence-electron chi connectivity index (χ2n) is 6.39. The highest BCUT2D eigenvalue weighted by atomic mass is 16.5. The number of ether oxygens (including phenoxy) is 1. The number of carbonyl (C=O) groups is 2. The maximum Gasteiger partial charge on any atom is 0.245 e. The van der Waals surface area contributed by atoms with Crippen LogP contribution in [-0.4, -0.2) is 48.1 Å². The molecule has 5 nitrogen and oxygen atoms in total. The standard InChI is InChI=1S/C15H24N2O3/c1-10-9-13(18)16-14(11-4-5-11)15(19)17(10)7-6-12-3-2-8-20-12/h10-12,14H,2-9H2,1H3,(H,16,18). The molecule has 1 saturated carbocycles. The number of amides is 2. The highest BCUT2D eigenvalue weighted by Crippen LogP contribution is 2.34. The minimum Gasteiger partial charge on any atom is -0.378 e.